The van der Waals surface area contributed by atoms with E-state index in [4.69, 9.17) is 23.8 Å². The number of hydrogen-bond acceptors (Lipinski definition) is 4. The van der Waals surface area contributed by atoms with Gasteiger partial charge in [-0.2, -0.15) is 0 Å². The maximum absolute atomic E-state index is 12.7. The number of hydrogen-bond donors (Lipinski definition) is 1. The number of thioether (sulfide) groups is 1. The van der Waals surface area contributed by atoms with E-state index in [1.165, 1.54) is 17.3 Å². The molecule has 0 radical (unpaired) electrons. The summed E-state index contributed by atoms with van der Waals surface area (Å²) in [6, 6.07) is 15.7. The normalized spacial score (nSPS) is 16.0. The Morgan fingerprint density at radius 1 is 1.19 bits per heavy atom. The van der Waals surface area contributed by atoms with E-state index < -0.39 is 0 Å². The molecule has 2 aromatic rings. The fourth-order valence-corrected chi connectivity index (χ4v) is 3.99. The predicted octanol–water partition coefficient (Wildman–Crippen LogP) is 5.73. The highest BCUT2D eigenvalue weighted by Gasteiger charge is 2.31. The number of nitrogens with zero attached hydrogens (tertiary/aromatic N) is 1. The summed E-state index contributed by atoms with van der Waals surface area (Å²) in [5.41, 5.74) is 3.05. The quantitative estimate of drug-likeness (QED) is 0.511. The molecule has 0 saturated carbocycles. The fourth-order valence-electron chi connectivity index (χ4n) is 2.53. The van der Waals surface area contributed by atoms with Crippen molar-refractivity contribution < 1.29 is 4.79 Å². The molecule has 3 nitrogen and oxygen atoms in total. The number of carbonyl (C=O) groups is 1. The Hall–Kier alpha value is -1.82. The van der Waals surface area contributed by atoms with Crippen LogP contribution in [0.1, 0.15) is 30.9 Å². The van der Waals surface area contributed by atoms with Gasteiger partial charge in [0.1, 0.15) is 4.32 Å². The van der Waals surface area contributed by atoms with Gasteiger partial charge in [-0.25, -0.2) is 0 Å². The predicted molar refractivity (Wildman–Crippen MR) is 115 cm³/mol. The van der Waals surface area contributed by atoms with Gasteiger partial charge in [-0.1, -0.05) is 85.8 Å². The number of rotatable bonds is 5. The van der Waals surface area contributed by atoms with Gasteiger partial charge in [-0.05, 0) is 35.3 Å². The minimum atomic E-state index is -0.0903. The molecule has 1 N–H and O–H groups in total. The molecule has 0 atom stereocenters. The van der Waals surface area contributed by atoms with Crippen LogP contribution in [0.5, 0.6) is 0 Å². The number of thiocarbonyl (C=S) groups is 1. The average molecular weight is 403 g/mol. The summed E-state index contributed by atoms with van der Waals surface area (Å²) in [6.07, 6.45) is 1.89. The lowest BCUT2D eigenvalue weighted by atomic mass is 10.0. The molecule has 1 heterocycles. The van der Waals surface area contributed by atoms with Gasteiger partial charge in [-0.3, -0.25) is 9.69 Å². The molecule has 0 aliphatic carbocycles. The molecule has 1 fully saturated rings. The van der Waals surface area contributed by atoms with Gasteiger partial charge in [0.15, 0.2) is 0 Å². The Bertz CT molecular complexity index is 862. The van der Waals surface area contributed by atoms with Gasteiger partial charge < -0.3 is 5.32 Å². The molecule has 0 aromatic heterocycles. The van der Waals surface area contributed by atoms with Crippen molar-refractivity contribution in [3.63, 3.8) is 0 Å². The van der Waals surface area contributed by atoms with Crippen LogP contribution in [0.3, 0.4) is 0 Å². The summed E-state index contributed by atoms with van der Waals surface area (Å²) in [7, 11) is 0. The number of amides is 1. The van der Waals surface area contributed by atoms with Crippen LogP contribution >= 0.6 is 35.6 Å². The van der Waals surface area contributed by atoms with Gasteiger partial charge in [0, 0.05) is 0 Å². The van der Waals surface area contributed by atoms with E-state index in [-0.39, 0.29) is 12.6 Å². The summed E-state index contributed by atoms with van der Waals surface area (Å²) >= 11 is 12.8. The van der Waals surface area contributed by atoms with Crippen molar-refractivity contribution in [3.8, 4) is 0 Å². The first-order chi connectivity index (χ1) is 12.5. The molecular weight excluding hydrogens is 384 g/mol. The van der Waals surface area contributed by atoms with Crippen molar-refractivity contribution >= 4 is 57.6 Å². The Balaban J connectivity index is 1.71. The van der Waals surface area contributed by atoms with E-state index in [0.717, 1.165) is 11.3 Å². The summed E-state index contributed by atoms with van der Waals surface area (Å²) in [5, 5.41) is 3.78. The first-order valence-electron chi connectivity index (χ1n) is 8.29. The molecule has 1 aliphatic rings. The number of anilines is 1. The standard InChI is InChI=1S/C20H19ClN2OS2/c1-13(2)15-9-7-14(8-10-15)11-18-19(24)23(20(25)26-18)12-22-17-6-4-3-5-16(17)21/h3-11,13,22H,12H2,1-2H3. The first-order valence-corrected chi connectivity index (χ1v) is 9.89. The molecule has 1 saturated heterocycles. The van der Waals surface area contributed by atoms with Crippen LogP contribution in [0, 0.1) is 0 Å². The topological polar surface area (TPSA) is 32.3 Å². The lowest BCUT2D eigenvalue weighted by Crippen LogP contribution is -2.33. The second-order valence-electron chi connectivity index (χ2n) is 6.25. The lowest BCUT2D eigenvalue weighted by molar-refractivity contribution is -0.121. The van der Waals surface area contributed by atoms with Crippen LogP contribution in [0.2, 0.25) is 5.02 Å². The molecule has 0 bridgehead atoms. The van der Waals surface area contributed by atoms with Crippen LogP contribution in [-0.4, -0.2) is 21.8 Å². The van der Waals surface area contributed by atoms with E-state index in [0.29, 0.717) is 20.2 Å². The number of benzene rings is 2. The second kappa shape index (κ2) is 8.25. The number of nitrogens with one attached hydrogen (secondary N) is 1. The zero-order chi connectivity index (χ0) is 18.7. The second-order valence-corrected chi connectivity index (χ2v) is 8.33. The van der Waals surface area contributed by atoms with Gasteiger partial charge in [0.05, 0.1) is 22.3 Å². The molecule has 1 amide bonds. The Labute approximate surface area is 168 Å². The van der Waals surface area contributed by atoms with Crippen molar-refractivity contribution in [1.29, 1.82) is 0 Å². The monoisotopic (exact) mass is 402 g/mol. The van der Waals surface area contributed by atoms with E-state index in [9.17, 15) is 4.79 Å². The molecule has 1 aliphatic heterocycles. The van der Waals surface area contributed by atoms with E-state index in [2.05, 4.69) is 31.3 Å². The number of para-hydroxylation sites is 1. The zero-order valence-corrected chi connectivity index (χ0v) is 16.9. The Kier molecular flexibility index (Phi) is 6.01. The van der Waals surface area contributed by atoms with Crippen LogP contribution in [-0.2, 0) is 4.79 Å². The van der Waals surface area contributed by atoms with Crippen LogP contribution in [0.4, 0.5) is 5.69 Å². The summed E-state index contributed by atoms with van der Waals surface area (Å²) in [4.78, 5) is 14.9. The van der Waals surface area contributed by atoms with Gasteiger partial charge in [0.2, 0.25) is 0 Å². The van der Waals surface area contributed by atoms with E-state index in [1.807, 2.05) is 36.4 Å². The Morgan fingerprint density at radius 2 is 1.88 bits per heavy atom. The van der Waals surface area contributed by atoms with E-state index >= 15 is 0 Å². The summed E-state index contributed by atoms with van der Waals surface area (Å²) in [6.45, 7) is 4.61. The molecule has 0 spiro atoms. The SMILES string of the molecule is CC(C)c1ccc(C=C2SC(=S)N(CNc3ccccc3Cl)C2=O)cc1. The van der Waals surface area contributed by atoms with Gasteiger partial charge in [-0.15, -0.1) is 0 Å². The highest BCUT2D eigenvalue weighted by atomic mass is 35.5. The summed E-state index contributed by atoms with van der Waals surface area (Å²) in [5.74, 6) is 0.394. The highest BCUT2D eigenvalue weighted by molar-refractivity contribution is 8.26. The molecule has 3 rings (SSSR count). The third-order valence-corrected chi connectivity index (χ3v) is 5.78. The van der Waals surface area contributed by atoms with Crippen LogP contribution in [0.15, 0.2) is 53.4 Å². The minimum Gasteiger partial charge on any atom is -0.366 e. The molecule has 6 heteroatoms. The number of carbonyl (C=O) groups excluding carboxylic acids is 1. The summed E-state index contributed by atoms with van der Waals surface area (Å²) < 4.78 is 0.541. The van der Waals surface area contributed by atoms with Crippen LogP contribution in [0.25, 0.3) is 6.08 Å². The maximum atomic E-state index is 12.7. The molecule has 2 aromatic carbocycles. The van der Waals surface area contributed by atoms with Crippen molar-refractivity contribution in [2.45, 2.75) is 19.8 Å². The maximum Gasteiger partial charge on any atom is 0.267 e. The van der Waals surface area contributed by atoms with Crippen molar-refractivity contribution in [3.05, 3.63) is 69.6 Å². The van der Waals surface area contributed by atoms with Crippen molar-refractivity contribution in [2.24, 2.45) is 0 Å². The van der Waals surface area contributed by atoms with E-state index in [1.54, 1.807) is 11.0 Å². The van der Waals surface area contributed by atoms with Gasteiger partial charge in [0.25, 0.3) is 5.91 Å². The molecule has 26 heavy (non-hydrogen) atoms. The minimum absolute atomic E-state index is 0.0903. The third kappa shape index (κ3) is 4.29. The van der Waals surface area contributed by atoms with Crippen molar-refractivity contribution in [2.75, 3.05) is 12.0 Å². The number of halogens is 1. The van der Waals surface area contributed by atoms with Crippen LogP contribution < -0.4 is 5.32 Å². The highest BCUT2D eigenvalue weighted by Crippen LogP contribution is 2.33. The third-order valence-electron chi connectivity index (χ3n) is 4.08. The van der Waals surface area contributed by atoms with Gasteiger partial charge >= 0.3 is 0 Å². The average Bonchev–Trinajstić information content (AvgIpc) is 2.88. The Morgan fingerprint density at radius 3 is 2.54 bits per heavy atom. The molecule has 0 unspecified atom stereocenters. The smallest absolute Gasteiger partial charge is 0.267 e. The molecule has 134 valence electrons. The zero-order valence-electron chi connectivity index (χ0n) is 14.5. The largest absolute Gasteiger partial charge is 0.366 e. The van der Waals surface area contributed by atoms with Crippen molar-refractivity contribution in [1.82, 2.24) is 4.90 Å². The fraction of sp³-hybridized carbons (Fsp3) is 0.200. The first kappa shape index (κ1) is 19.0. The molecular formula is C20H19ClN2OS2. The lowest BCUT2D eigenvalue weighted by Gasteiger charge is -2.16.